The van der Waals surface area contributed by atoms with Crippen LogP contribution < -0.4 is 0 Å². The molecule has 0 spiro atoms. The minimum Gasteiger partial charge on any atom is -0.507 e. The summed E-state index contributed by atoms with van der Waals surface area (Å²) >= 11 is 0. The third-order valence-electron chi connectivity index (χ3n) is 11.9. The third kappa shape index (κ3) is 8.19. The fourth-order valence-corrected chi connectivity index (χ4v) is 8.07. The molecule has 0 atom stereocenters. The number of nitrogens with zero attached hydrogens (tertiary/aromatic N) is 5. The van der Waals surface area contributed by atoms with Gasteiger partial charge in [0.15, 0.2) is 11.5 Å². The number of phenolic OH excluding ortho intramolecular Hbond substituents is 1. The summed E-state index contributed by atoms with van der Waals surface area (Å²) in [5.41, 5.74) is 13.8. The van der Waals surface area contributed by atoms with E-state index in [9.17, 15) is 5.11 Å². The molecule has 314 valence electrons. The highest BCUT2D eigenvalue weighted by Gasteiger charge is 2.31. The summed E-state index contributed by atoms with van der Waals surface area (Å²) in [4.78, 5) is 21.0. The summed E-state index contributed by atoms with van der Waals surface area (Å²) in [6, 6.07) is 44.8. The number of benzene rings is 5. The first kappa shape index (κ1) is 42.3. The van der Waals surface area contributed by atoms with Crippen molar-refractivity contribution in [2.75, 3.05) is 0 Å². The summed E-state index contributed by atoms with van der Waals surface area (Å²) in [5, 5.41) is 12.5. The topological polar surface area (TPSA) is 76.7 Å². The van der Waals surface area contributed by atoms with Crippen molar-refractivity contribution in [2.45, 2.75) is 105 Å². The second kappa shape index (κ2) is 15.5. The highest BCUT2D eigenvalue weighted by atomic mass is 16.3. The average Bonchev–Trinajstić information content (AvgIpc) is 3.62. The smallest absolute Gasteiger partial charge is 0.169 e. The third-order valence-corrected chi connectivity index (χ3v) is 11.9. The molecular formula is C56H59N5O. The zero-order valence-corrected chi connectivity index (χ0v) is 38.4. The van der Waals surface area contributed by atoms with Gasteiger partial charge in [0.1, 0.15) is 23.3 Å². The predicted molar refractivity (Wildman–Crippen MR) is 258 cm³/mol. The van der Waals surface area contributed by atoms with Crippen LogP contribution in [0.1, 0.15) is 105 Å². The molecule has 3 heterocycles. The van der Waals surface area contributed by atoms with E-state index in [4.69, 9.17) is 19.9 Å². The fourth-order valence-electron chi connectivity index (χ4n) is 8.07. The van der Waals surface area contributed by atoms with E-state index in [1.165, 1.54) is 5.56 Å². The lowest BCUT2D eigenvalue weighted by Crippen LogP contribution is -2.17. The molecule has 0 saturated carbocycles. The van der Waals surface area contributed by atoms with Crippen LogP contribution in [0, 0.1) is 0 Å². The van der Waals surface area contributed by atoms with Crippen molar-refractivity contribution >= 4 is 11.2 Å². The Bertz CT molecular complexity index is 2930. The summed E-state index contributed by atoms with van der Waals surface area (Å²) in [5.74, 6) is 0.789. The molecule has 1 N–H and O–H groups in total. The summed E-state index contributed by atoms with van der Waals surface area (Å²) in [7, 11) is 0. The fraction of sp³-hybridized carbons (Fsp3) is 0.286. The second-order valence-corrected chi connectivity index (χ2v) is 20.8. The van der Waals surface area contributed by atoms with Gasteiger partial charge in [-0.05, 0) is 91.4 Å². The predicted octanol–water partition coefficient (Wildman–Crippen LogP) is 14.4. The average molecular weight is 818 g/mol. The number of imidazole rings is 1. The molecule has 5 aromatic carbocycles. The van der Waals surface area contributed by atoms with Gasteiger partial charge in [-0.1, -0.05) is 174 Å². The Kier molecular flexibility index (Phi) is 10.6. The molecule has 6 heteroatoms. The van der Waals surface area contributed by atoms with Gasteiger partial charge in [-0.3, -0.25) is 4.57 Å². The number of pyridine rings is 1. The van der Waals surface area contributed by atoms with Crippen molar-refractivity contribution in [2.24, 2.45) is 0 Å². The monoisotopic (exact) mass is 817 g/mol. The van der Waals surface area contributed by atoms with Crippen LogP contribution >= 0.6 is 0 Å². The van der Waals surface area contributed by atoms with Gasteiger partial charge < -0.3 is 5.11 Å². The number of aromatic nitrogens is 5. The SMILES string of the molecule is CC(C)(C)c1cc(-c2cccc(-c3ccccc3)c2)nc(-c2ncnc3c2nc(-c2cc(C(C)(C)C)cc(C(C)(C)C)c2O)n3-c2ccc(C(C)(C)C)cc2-c2ccccc2)c1. The first-order valence-corrected chi connectivity index (χ1v) is 21.7. The first-order valence-electron chi connectivity index (χ1n) is 21.7. The van der Waals surface area contributed by atoms with Crippen molar-refractivity contribution in [3.05, 3.63) is 156 Å². The Labute approximate surface area is 367 Å². The van der Waals surface area contributed by atoms with Crippen molar-refractivity contribution in [3.8, 4) is 67.7 Å². The van der Waals surface area contributed by atoms with Gasteiger partial charge in [0, 0.05) is 16.7 Å². The zero-order chi connectivity index (χ0) is 44.4. The normalized spacial score (nSPS) is 12.6. The maximum Gasteiger partial charge on any atom is 0.169 e. The van der Waals surface area contributed by atoms with Crippen LogP contribution in [0.3, 0.4) is 0 Å². The number of hydrogen-bond acceptors (Lipinski definition) is 5. The van der Waals surface area contributed by atoms with E-state index in [1.807, 2.05) is 12.1 Å². The second-order valence-electron chi connectivity index (χ2n) is 20.8. The molecule has 8 aromatic rings. The zero-order valence-electron chi connectivity index (χ0n) is 38.4. The molecule has 0 aliphatic carbocycles. The van der Waals surface area contributed by atoms with E-state index in [0.717, 1.165) is 55.9 Å². The molecule has 0 aliphatic heterocycles. The van der Waals surface area contributed by atoms with Crippen LogP contribution in [0.15, 0.2) is 134 Å². The van der Waals surface area contributed by atoms with Gasteiger partial charge in [-0.2, -0.15) is 0 Å². The van der Waals surface area contributed by atoms with E-state index in [-0.39, 0.29) is 27.4 Å². The largest absolute Gasteiger partial charge is 0.507 e. The van der Waals surface area contributed by atoms with Crippen LogP contribution in [0.2, 0.25) is 0 Å². The summed E-state index contributed by atoms with van der Waals surface area (Å²) < 4.78 is 2.13. The van der Waals surface area contributed by atoms with Gasteiger partial charge in [-0.25, -0.2) is 19.9 Å². The Hall–Kier alpha value is -6.40. The standard InChI is InChI=1S/C56H59N5O/c1-53(2,3)39-26-27-47(42(29-39)36-22-17-14-18-23-36)61-51(43-30-40(54(4,5)6)31-44(50(43)62)56(10,11)12)60-49-48(57-34-58-52(49)61)46-33-41(55(7,8)9)32-45(59-46)38-25-19-24-37(28-38)35-20-15-13-16-21-35/h13-34,62H,1-12H3. The number of rotatable bonds is 6. The summed E-state index contributed by atoms with van der Waals surface area (Å²) in [6.45, 7) is 26.5. The molecule has 0 saturated heterocycles. The minimum atomic E-state index is -0.350. The number of fused-ring (bicyclic) bond motifs is 1. The molecule has 0 aliphatic rings. The minimum absolute atomic E-state index is 0.0970. The van der Waals surface area contributed by atoms with Gasteiger partial charge in [0.25, 0.3) is 0 Å². The van der Waals surface area contributed by atoms with E-state index < -0.39 is 0 Å². The Balaban J connectivity index is 1.47. The Morgan fingerprint density at radius 1 is 0.452 bits per heavy atom. The van der Waals surface area contributed by atoms with Crippen LogP contribution in [0.25, 0.3) is 73.1 Å². The van der Waals surface area contributed by atoms with Gasteiger partial charge in [0.2, 0.25) is 0 Å². The molecule has 8 rings (SSSR count). The molecule has 62 heavy (non-hydrogen) atoms. The van der Waals surface area contributed by atoms with Crippen molar-refractivity contribution in [1.82, 2.24) is 24.5 Å². The lowest BCUT2D eigenvalue weighted by molar-refractivity contribution is 0.446. The molecule has 0 fully saturated rings. The molecular weight excluding hydrogens is 759 g/mol. The van der Waals surface area contributed by atoms with E-state index >= 15 is 0 Å². The van der Waals surface area contributed by atoms with Crippen LogP contribution in [0.5, 0.6) is 5.75 Å². The van der Waals surface area contributed by atoms with Crippen molar-refractivity contribution in [3.63, 3.8) is 0 Å². The maximum absolute atomic E-state index is 12.5. The highest BCUT2D eigenvalue weighted by Crippen LogP contribution is 2.45. The number of phenols is 1. The number of hydrogen-bond donors (Lipinski definition) is 1. The highest BCUT2D eigenvalue weighted by molar-refractivity contribution is 5.93. The maximum atomic E-state index is 12.5. The van der Waals surface area contributed by atoms with E-state index in [1.54, 1.807) is 6.33 Å². The first-order chi connectivity index (χ1) is 29.2. The Morgan fingerprint density at radius 3 is 1.65 bits per heavy atom. The lowest BCUT2D eigenvalue weighted by Gasteiger charge is -2.28. The van der Waals surface area contributed by atoms with E-state index in [2.05, 4.69) is 203 Å². The summed E-state index contributed by atoms with van der Waals surface area (Å²) in [6.07, 6.45) is 1.62. The lowest BCUT2D eigenvalue weighted by atomic mass is 9.79. The van der Waals surface area contributed by atoms with Crippen LogP contribution in [-0.4, -0.2) is 29.6 Å². The van der Waals surface area contributed by atoms with Crippen LogP contribution in [0.4, 0.5) is 0 Å². The van der Waals surface area contributed by atoms with Gasteiger partial charge in [-0.15, -0.1) is 0 Å². The van der Waals surface area contributed by atoms with Gasteiger partial charge >= 0.3 is 0 Å². The molecule has 3 aromatic heterocycles. The molecule has 6 nitrogen and oxygen atoms in total. The van der Waals surface area contributed by atoms with Crippen molar-refractivity contribution in [1.29, 1.82) is 0 Å². The number of aromatic hydroxyl groups is 1. The quantitative estimate of drug-likeness (QED) is 0.181. The molecule has 0 unspecified atom stereocenters. The van der Waals surface area contributed by atoms with Gasteiger partial charge in [0.05, 0.1) is 22.6 Å². The van der Waals surface area contributed by atoms with E-state index in [0.29, 0.717) is 33.9 Å². The van der Waals surface area contributed by atoms with Crippen LogP contribution in [-0.2, 0) is 21.7 Å². The Morgan fingerprint density at radius 2 is 1.02 bits per heavy atom. The molecule has 0 radical (unpaired) electrons. The van der Waals surface area contributed by atoms with Crippen molar-refractivity contribution < 1.29 is 5.11 Å². The molecule has 0 amide bonds. The molecule has 0 bridgehead atoms.